The number of nitrogens with one attached hydrogen (secondary N) is 2. The van der Waals surface area contributed by atoms with E-state index in [1.807, 2.05) is 43.3 Å². The van der Waals surface area contributed by atoms with Gasteiger partial charge in [0.2, 0.25) is 5.89 Å². The SMILES string of the molecule is CN=C(NCc1coc(-c2ccc(C)cc2)n1)NCc1c(OC)cc(OC)cc1OC.I. The lowest BCUT2D eigenvalue weighted by Crippen LogP contribution is -2.36. The summed E-state index contributed by atoms with van der Waals surface area (Å²) in [6.45, 7) is 2.96. The highest BCUT2D eigenvalue weighted by atomic mass is 127. The monoisotopic (exact) mass is 552 g/mol. The van der Waals surface area contributed by atoms with Crippen LogP contribution in [0.25, 0.3) is 11.5 Å². The first-order chi connectivity index (χ1) is 15.1. The molecule has 0 amide bonds. The predicted molar refractivity (Wildman–Crippen MR) is 135 cm³/mol. The van der Waals surface area contributed by atoms with Crippen LogP contribution in [-0.4, -0.2) is 39.3 Å². The van der Waals surface area contributed by atoms with Crippen LogP contribution >= 0.6 is 24.0 Å². The van der Waals surface area contributed by atoms with Gasteiger partial charge in [0.05, 0.1) is 45.7 Å². The van der Waals surface area contributed by atoms with Gasteiger partial charge in [-0.25, -0.2) is 4.98 Å². The summed E-state index contributed by atoms with van der Waals surface area (Å²) in [7, 11) is 6.53. The van der Waals surface area contributed by atoms with Crippen LogP contribution in [0, 0.1) is 6.92 Å². The fraction of sp³-hybridized carbons (Fsp3) is 0.304. The van der Waals surface area contributed by atoms with Crippen molar-refractivity contribution >= 4 is 29.9 Å². The average Bonchev–Trinajstić information content (AvgIpc) is 3.28. The number of oxazole rings is 1. The molecule has 2 N–H and O–H groups in total. The van der Waals surface area contributed by atoms with Crippen molar-refractivity contribution in [2.24, 2.45) is 4.99 Å². The summed E-state index contributed by atoms with van der Waals surface area (Å²) in [6.07, 6.45) is 1.64. The molecule has 0 saturated carbocycles. The molecule has 9 heteroatoms. The molecule has 0 spiro atoms. The standard InChI is InChI=1S/C23H28N4O4.HI/c1-15-6-8-16(9-7-15)22-27-17(14-31-22)12-25-23(24-2)26-13-19-20(29-4)10-18(28-3)11-21(19)30-5;/h6-11,14H,12-13H2,1-5H3,(H2,24,25,26);1H. The summed E-state index contributed by atoms with van der Waals surface area (Å²) < 4.78 is 21.9. The van der Waals surface area contributed by atoms with Crippen LogP contribution in [-0.2, 0) is 13.1 Å². The van der Waals surface area contributed by atoms with Crippen molar-refractivity contribution in [3.05, 3.63) is 59.5 Å². The van der Waals surface area contributed by atoms with Gasteiger partial charge in [0.25, 0.3) is 0 Å². The zero-order valence-electron chi connectivity index (χ0n) is 18.9. The number of aliphatic imine (C=N–C) groups is 1. The Bertz CT molecular complexity index is 1010. The molecule has 3 aromatic rings. The normalized spacial score (nSPS) is 10.8. The number of methoxy groups -OCH3 is 3. The van der Waals surface area contributed by atoms with E-state index >= 15 is 0 Å². The van der Waals surface area contributed by atoms with Crippen molar-refractivity contribution in [2.45, 2.75) is 20.0 Å². The van der Waals surface area contributed by atoms with Crippen molar-refractivity contribution in [3.8, 4) is 28.7 Å². The lowest BCUT2D eigenvalue weighted by Gasteiger charge is -2.17. The average molecular weight is 552 g/mol. The Morgan fingerprint density at radius 2 is 1.59 bits per heavy atom. The van der Waals surface area contributed by atoms with Gasteiger partial charge >= 0.3 is 0 Å². The lowest BCUT2D eigenvalue weighted by atomic mass is 10.1. The van der Waals surface area contributed by atoms with E-state index < -0.39 is 0 Å². The molecule has 0 unspecified atom stereocenters. The molecule has 2 aromatic carbocycles. The van der Waals surface area contributed by atoms with Gasteiger partial charge in [0.1, 0.15) is 23.5 Å². The second-order valence-corrected chi connectivity index (χ2v) is 6.80. The van der Waals surface area contributed by atoms with Gasteiger partial charge in [-0.15, -0.1) is 24.0 Å². The highest BCUT2D eigenvalue weighted by Crippen LogP contribution is 2.33. The minimum Gasteiger partial charge on any atom is -0.496 e. The molecular formula is C23H29IN4O4. The van der Waals surface area contributed by atoms with Crippen LogP contribution < -0.4 is 24.8 Å². The number of guanidine groups is 1. The minimum absolute atomic E-state index is 0. The maximum atomic E-state index is 5.61. The van der Waals surface area contributed by atoms with Crippen molar-refractivity contribution < 1.29 is 18.6 Å². The molecule has 0 saturated heterocycles. The number of halogens is 1. The third-order valence-electron chi connectivity index (χ3n) is 4.76. The topological polar surface area (TPSA) is 90.1 Å². The van der Waals surface area contributed by atoms with Crippen LogP contribution in [0.5, 0.6) is 17.2 Å². The summed E-state index contributed by atoms with van der Waals surface area (Å²) in [5, 5.41) is 6.50. The van der Waals surface area contributed by atoms with Gasteiger partial charge in [-0.1, -0.05) is 17.7 Å². The van der Waals surface area contributed by atoms with Crippen LogP contribution in [0.3, 0.4) is 0 Å². The maximum absolute atomic E-state index is 5.61. The molecular weight excluding hydrogens is 523 g/mol. The maximum Gasteiger partial charge on any atom is 0.226 e. The Kier molecular flexibility index (Phi) is 9.63. The van der Waals surface area contributed by atoms with Gasteiger partial charge in [-0.3, -0.25) is 4.99 Å². The number of benzene rings is 2. The van der Waals surface area contributed by atoms with E-state index in [9.17, 15) is 0 Å². The molecule has 32 heavy (non-hydrogen) atoms. The Morgan fingerprint density at radius 1 is 0.969 bits per heavy atom. The van der Waals surface area contributed by atoms with Crippen LogP contribution in [0.2, 0.25) is 0 Å². The molecule has 8 nitrogen and oxygen atoms in total. The van der Waals surface area contributed by atoms with Gasteiger partial charge in [-0.2, -0.15) is 0 Å². The van der Waals surface area contributed by atoms with Crippen LogP contribution in [0.4, 0.5) is 0 Å². The molecule has 3 rings (SSSR count). The van der Waals surface area contributed by atoms with Gasteiger partial charge in [0, 0.05) is 24.7 Å². The van der Waals surface area contributed by atoms with Crippen LogP contribution in [0.1, 0.15) is 16.8 Å². The molecule has 1 aromatic heterocycles. The van der Waals surface area contributed by atoms with E-state index in [1.54, 1.807) is 34.6 Å². The van der Waals surface area contributed by atoms with E-state index in [2.05, 4.69) is 20.6 Å². The summed E-state index contributed by atoms with van der Waals surface area (Å²) in [4.78, 5) is 8.81. The van der Waals surface area contributed by atoms with E-state index in [0.29, 0.717) is 42.2 Å². The van der Waals surface area contributed by atoms with Gasteiger partial charge < -0.3 is 29.3 Å². The molecule has 0 aliphatic heterocycles. The van der Waals surface area contributed by atoms with Crippen molar-refractivity contribution in [1.29, 1.82) is 0 Å². The Balaban J connectivity index is 0.00000363. The fourth-order valence-electron chi connectivity index (χ4n) is 3.04. The number of aromatic nitrogens is 1. The zero-order chi connectivity index (χ0) is 22.2. The van der Waals surface area contributed by atoms with Gasteiger partial charge in [-0.05, 0) is 19.1 Å². The van der Waals surface area contributed by atoms with Gasteiger partial charge in [0.15, 0.2) is 5.96 Å². The Morgan fingerprint density at radius 3 is 2.16 bits per heavy atom. The second-order valence-electron chi connectivity index (χ2n) is 6.80. The zero-order valence-corrected chi connectivity index (χ0v) is 21.2. The van der Waals surface area contributed by atoms with Crippen molar-refractivity contribution in [2.75, 3.05) is 28.4 Å². The second kappa shape index (κ2) is 12.2. The molecule has 0 fully saturated rings. The van der Waals surface area contributed by atoms with Crippen molar-refractivity contribution in [3.63, 3.8) is 0 Å². The molecule has 1 heterocycles. The number of nitrogens with zero attached hydrogens (tertiary/aromatic N) is 2. The van der Waals surface area contributed by atoms with Crippen molar-refractivity contribution in [1.82, 2.24) is 15.6 Å². The largest absolute Gasteiger partial charge is 0.496 e. The molecule has 0 aliphatic carbocycles. The molecule has 0 aliphatic rings. The first-order valence-electron chi connectivity index (χ1n) is 9.82. The molecule has 172 valence electrons. The minimum atomic E-state index is 0. The Hall–Kier alpha value is -2.95. The summed E-state index contributed by atoms with van der Waals surface area (Å²) in [5.74, 6) is 3.19. The highest BCUT2D eigenvalue weighted by Gasteiger charge is 2.14. The molecule has 0 radical (unpaired) electrons. The number of hydrogen-bond acceptors (Lipinski definition) is 6. The molecule has 0 bridgehead atoms. The highest BCUT2D eigenvalue weighted by molar-refractivity contribution is 14.0. The summed E-state index contributed by atoms with van der Waals surface area (Å²) in [6, 6.07) is 11.7. The van der Waals surface area contributed by atoms with E-state index in [0.717, 1.165) is 16.8 Å². The fourth-order valence-corrected chi connectivity index (χ4v) is 3.04. The first-order valence-corrected chi connectivity index (χ1v) is 9.82. The third-order valence-corrected chi connectivity index (χ3v) is 4.76. The summed E-state index contributed by atoms with van der Waals surface area (Å²) >= 11 is 0. The van der Waals surface area contributed by atoms with Crippen LogP contribution in [0.15, 0.2) is 52.1 Å². The Labute approximate surface area is 205 Å². The summed E-state index contributed by atoms with van der Waals surface area (Å²) in [5.41, 5.74) is 3.77. The number of ether oxygens (including phenoxy) is 3. The quantitative estimate of drug-likeness (QED) is 0.247. The molecule has 0 atom stereocenters. The van der Waals surface area contributed by atoms with E-state index in [1.165, 1.54) is 5.56 Å². The number of hydrogen-bond donors (Lipinski definition) is 2. The lowest BCUT2D eigenvalue weighted by molar-refractivity contribution is 0.368. The smallest absolute Gasteiger partial charge is 0.226 e. The van der Waals surface area contributed by atoms with E-state index in [-0.39, 0.29) is 24.0 Å². The first kappa shape index (κ1) is 25.3. The van der Waals surface area contributed by atoms with E-state index in [4.69, 9.17) is 18.6 Å². The third kappa shape index (κ3) is 6.28. The number of rotatable bonds is 8. The number of aryl methyl sites for hydroxylation is 1. The predicted octanol–water partition coefficient (Wildman–Crippen LogP) is 4.16.